The van der Waals surface area contributed by atoms with Crippen molar-refractivity contribution in [2.45, 2.75) is 32.6 Å². The molecule has 0 unspecified atom stereocenters. The van der Waals surface area contributed by atoms with Crippen molar-refractivity contribution in [3.05, 3.63) is 93.9 Å². The molecular weight excluding hydrogens is 385 g/mol. The fourth-order valence-corrected chi connectivity index (χ4v) is 2.91. The summed E-state index contributed by atoms with van der Waals surface area (Å²) in [5.41, 5.74) is 2.35. The first kappa shape index (κ1) is 20.1. The topological polar surface area (TPSA) is 65.4 Å². The largest absolute Gasteiger partial charge is 0.489 e. The summed E-state index contributed by atoms with van der Waals surface area (Å²) in [6.07, 6.45) is 5.94. The zero-order valence-corrected chi connectivity index (χ0v) is 16.6. The van der Waals surface area contributed by atoms with Crippen LogP contribution in [0, 0.1) is 11.7 Å². The Bertz CT molecular complexity index is 1020. The van der Waals surface area contributed by atoms with Gasteiger partial charge in [-0.05, 0) is 49.1 Å². The molecular formula is C23H24FN3O3. The van der Waals surface area contributed by atoms with E-state index in [4.69, 9.17) is 9.57 Å². The van der Waals surface area contributed by atoms with Gasteiger partial charge in [0.15, 0.2) is 0 Å². The molecule has 1 saturated carbocycles. The Kier molecular flexibility index (Phi) is 6.39. The fourth-order valence-electron chi connectivity index (χ4n) is 2.91. The lowest BCUT2D eigenvalue weighted by atomic mass is 10.2. The van der Waals surface area contributed by atoms with E-state index in [1.54, 1.807) is 24.4 Å². The van der Waals surface area contributed by atoms with Crippen molar-refractivity contribution in [2.75, 3.05) is 6.54 Å². The van der Waals surface area contributed by atoms with Gasteiger partial charge in [-0.3, -0.25) is 9.78 Å². The molecule has 1 fully saturated rings. The number of benzene rings is 1. The molecule has 0 amide bonds. The summed E-state index contributed by atoms with van der Waals surface area (Å²) >= 11 is 0. The van der Waals surface area contributed by atoms with Gasteiger partial charge in [-0.25, -0.2) is 4.39 Å². The summed E-state index contributed by atoms with van der Waals surface area (Å²) in [5, 5.41) is 3.41. The van der Waals surface area contributed by atoms with E-state index in [0.717, 1.165) is 40.6 Å². The number of rotatable bonds is 10. The van der Waals surface area contributed by atoms with Crippen LogP contribution in [0.1, 0.15) is 29.7 Å². The first-order valence-corrected chi connectivity index (χ1v) is 10.0. The number of hydrogen-bond acceptors (Lipinski definition) is 5. The fraction of sp³-hybridized carbons (Fsp3) is 0.304. The second-order valence-electron chi connectivity index (χ2n) is 7.45. The molecule has 30 heavy (non-hydrogen) atoms. The van der Waals surface area contributed by atoms with Crippen LogP contribution in [0.4, 0.5) is 4.39 Å². The van der Waals surface area contributed by atoms with Crippen molar-refractivity contribution in [3.63, 3.8) is 0 Å². The smallest absolute Gasteiger partial charge is 0.286 e. The van der Waals surface area contributed by atoms with Crippen molar-refractivity contribution in [1.29, 1.82) is 0 Å². The van der Waals surface area contributed by atoms with Gasteiger partial charge in [0.25, 0.3) is 5.56 Å². The lowest BCUT2D eigenvalue weighted by Crippen LogP contribution is -2.25. The Morgan fingerprint density at radius 1 is 1.07 bits per heavy atom. The monoisotopic (exact) mass is 409 g/mol. The number of aromatic nitrogens is 2. The third-order valence-corrected chi connectivity index (χ3v) is 4.87. The zero-order valence-electron chi connectivity index (χ0n) is 16.6. The summed E-state index contributed by atoms with van der Waals surface area (Å²) in [4.78, 5) is 22.2. The molecule has 2 heterocycles. The van der Waals surface area contributed by atoms with Crippen molar-refractivity contribution in [3.8, 4) is 5.75 Å². The first-order chi connectivity index (χ1) is 14.7. The van der Waals surface area contributed by atoms with Crippen LogP contribution >= 0.6 is 0 Å². The molecule has 0 bridgehead atoms. The molecule has 0 saturated heterocycles. The quantitative estimate of drug-likeness (QED) is 0.558. The number of nitrogens with one attached hydrogen (secondary N) is 1. The first-order valence-electron chi connectivity index (χ1n) is 10.0. The zero-order chi connectivity index (χ0) is 20.8. The Hall–Kier alpha value is -3.19. The molecule has 1 aliphatic rings. The molecule has 1 aromatic carbocycles. The van der Waals surface area contributed by atoms with Gasteiger partial charge in [-0.1, -0.05) is 18.2 Å². The predicted molar refractivity (Wildman–Crippen MR) is 110 cm³/mol. The summed E-state index contributed by atoms with van der Waals surface area (Å²) in [7, 11) is 0. The maximum atomic E-state index is 12.9. The molecule has 2 aromatic heterocycles. The minimum absolute atomic E-state index is 0.235. The number of halogens is 1. The molecule has 0 radical (unpaired) electrons. The van der Waals surface area contributed by atoms with E-state index >= 15 is 0 Å². The van der Waals surface area contributed by atoms with Gasteiger partial charge in [0.05, 0.1) is 11.9 Å². The number of hydrogen-bond donors (Lipinski definition) is 1. The van der Waals surface area contributed by atoms with Crippen molar-refractivity contribution in [2.24, 2.45) is 5.92 Å². The highest BCUT2D eigenvalue weighted by molar-refractivity contribution is 5.20. The van der Waals surface area contributed by atoms with Gasteiger partial charge in [-0.15, -0.1) is 0 Å². The molecule has 0 atom stereocenters. The van der Waals surface area contributed by atoms with Crippen LogP contribution in [0.2, 0.25) is 0 Å². The van der Waals surface area contributed by atoms with E-state index in [2.05, 4.69) is 10.3 Å². The average molecular weight is 409 g/mol. The van der Waals surface area contributed by atoms with E-state index in [1.807, 2.05) is 12.1 Å². The Balaban J connectivity index is 1.25. The highest BCUT2D eigenvalue weighted by atomic mass is 19.1. The molecule has 6 nitrogen and oxygen atoms in total. The second kappa shape index (κ2) is 9.54. The van der Waals surface area contributed by atoms with Crippen LogP contribution in [-0.2, 0) is 19.8 Å². The maximum absolute atomic E-state index is 12.9. The SMILES string of the molecule is O=c1cc(OCc2ccc(F)cc2)ccn1OCc1ccc(CNCC2CC2)nc1. The average Bonchev–Trinajstić information content (AvgIpc) is 3.58. The van der Waals surface area contributed by atoms with E-state index in [9.17, 15) is 9.18 Å². The van der Waals surface area contributed by atoms with Gasteiger partial charge in [-0.2, -0.15) is 4.73 Å². The molecule has 0 aliphatic heterocycles. The van der Waals surface area contributed by atoms with Crippen LogP contribution in [0.5, 0.6) is 5.75 Å². The maximum Gasteiger partial charge on any atom is 0.286 e. The summed E-state index contributed by atoms with van der Waals surface area (Å²) < 4.78 is 19.7. The van der Waals surface area contributed by atoms with Gasteiger partial charge in [0.2, 0.25) is 0 Å². The number of nitrogens with zero attached hydrogens (tertiary/aromatic N) is 2. The van der Waals surface area contributed by atoms with Gasteiger partial charge in [0.1, 0.15) is 24.8 Å². The van der Waals surface area contributed by atoms with Crippen LogP contribution < -0.4 is 20.5 Å². The van der Waals surface area contributed by atoms with Crippen LogP contribution in [0.15, 0.2) is 65.7 Å². The standard InChI is InChI=1S/C23H24FN3O3/c24-20-6-3-18(4-7-20)15-29-22-9-10-27(23(28)11-22)30-16-19-5-8-21(26-13-19)14-25-12-17-1-2-17/h3-11,13,17,25H,1-2,12,14-16H2. The summed E-state index contributed by atoms with van der Waals surface area (Å²) in [6.45, 7) is 2.30. The van der Waals surface area contributed by atoms with Crippen LogP contribution in [0.25, 0.3) is 0 Å². The minimum atomic E-state index is -0.333. The van der Waals surface area contributed by atoms with E-state index in [0.29, 0.717) is 5.75 Å². The minimum Gasteiger partial charge on any atom is -0.489 e. The Labute approximate surface area is 174 Å². The van der Waals surface area contributed by atoms with Crippen molar-refractivity contribution in [1.82, 2.24) is 15.0 Å². The van der Waals surface area contributed by atoms with E-state index in [1.165, 1.54) is 37.2 Å². The van der Waals surface area contributed by atoms with Crippen molar-refractivity contribution >= 4 is 0 Å². The van der Waals surface area contributed by atoms with Crippen LogP contribution in [-0.4, -0.2) is 16.3 Å². The molecule has 0 spiro atoms. The molecule has 1 aliphatic carbocycles. The van der Waals surface area contributed by atoms with Gasteiger partial charge in [0, 0.05) is 30.4 Å². The highest BCUT2D eigenvalue weighted by Crippen LogP contribution is 2.27. The predicted octanol–water partition coefficient (Wildman–Crippen LogP) is 3.09. The molecule has 4 rings (SSSR count). The van der Waals surface area contributed by atoms with Gasteiger partial charge < -0.3 is 14.9 Å². The third kappa shape index (κ3) is 5.90. The number of pyridine rings is 2. The Morgan fingerprint density at radius 3 is 2.57 bits per heavy atom. The molecule has 1 N–H and O–H groups in total. The third-order valence-electron chi connectivity index (χ3n) is 4.87. The lowest BCUT2D eigenvalue weighted by molar-refractivity contribution is 0.0882. The summed E-state index contributed by atoms with van der Waals surface area (Å²) in [5.74, 6) is 0.971. The number of ether oxygens (including phenoxy) is 1. The lowest BCUT2D eigenvalue weighted by Gasteiger charge is -2.10. The van der Waals surface area contributed by atoms with E-state index in [-0.39, 0.29) is 24.6 Å². The normalized spacial score (nSPS) is 13.2. The van der Waals surface area contributed by atoms with Crippen LogP contribution in [0.3, 0.4) is 0 Å². The summed E-state index contributed by atoms with van der Waals surface area (Å²) in [6, 6.07) is 13.0. The molecule has 7 heteroatoms. The van der Waals surface area contributed by atoms with Gasteiger partial charge >= 0.3 is 0 Å². The van der Waals surface area contributed by atoms with Crippen molar-refractivity contribution < 1.29 is 14.0 Å². The van der Waals surface area contributed by atoms with E-state index < -0.39 is 0 Å². The molecule has 156 valence electrons. The molecule has 3 aromatic rings. The highest BCUT2D eigenvalue weighted by Gasteiger charge is 2.20. The Morgan fingerprint density at radius 2 is 1.87 bits per heavy atom. The second-order valence-corrected chi connectivity index (χ2v) is 7.45.